The number of methoxy groups -OCH3 is 1. The highest BCUT2D eigenvalue weighted by Crippen LogP contribution is 2.50. The molecular weight excluding hydrogens is 516 g/mol. The standard InChI is InChI=1S/C27H25F2N3O5S/c1-31-13-19-17-10-15(14-38(3,35)36)4-6-21(17)32(23-7-5-16(28)11-20(23)29)22(8-9-24(33)37-2)18-12-30-26(25(18)19)27(31)34/h4-7,10-13,22,30H,8-9,14H2,1-3H3/t22-/m0/s1. The molecule has 3 heterocycles. The van der Waals surface area contributed by atoms with E-state index in [9.17, 15) is 22.4 Å². The van der Waals surface area contributed by atoms with E-state index in [1.807, 2.05) is 0 Å². The average Bonchev–Trinajstić information content (AvgIpc) is 3.25. The summed E-state index contributed by atoms with van der Waals surface area (Å²) in [6, 6.07) is 7.64. The Labute approximate surface area is 217 Å². The van der Waals surface area contributed by atoms with Crippen LogP contribution < -0.4 is 10.5 Å². The maximum Gasteiger partial charge on any atom is 0.305 e. The molecule has 0 aliphatic carbocycles. The third-order valence-corrected chi connectivity index (χ3v) is 7.62. The molecule has 11 heteroatoms. The molecule has 1 atom stereocenters. The van der Waals surface area contributed by atoms with Gasteiger partial charge < -0.3 is 19.2 Å². The number of carbonyl (C=O) groups is 1. The van der Waals surface area contributed by atoms with Crippen molar-refractivity contribution in [2.24, 2.45) is 7.05 Å². The summed E-state index contributed by atoms with van der Waals surface area (Å²) in [6.07, 6.45) is 4.64. The Morgan fingerprint density at radius 1 is 1.11 bits per heavy atom. The molecule has 5 rings (SSSR count). The van der Waals surface area contributed by atoms with Crippen molar-refractivity contribution >= 4 is 38.1 Å². The highest BCUT2D eigenvalue weighted by molar-refractivity contribution is 7.89. The molecule has 2 aromatic carbocycles. The highest BCUT2D eigenvalue weighted by Gasteiger charge is 2.34. The number of pyridine rings is 1. The second-order valence-corrected chi connectivity index (χ2v) is 11.6. The fourth-order valence-corrected chi connectivity index (χ4v) is 5.97. The molecule has 2 aromatic heterocycles. The minimum absolute atomic E-state index is 0.00513. The van der Waals surface area contributed by atoms with Gasteiger partial charge in [-0.1, -0.05) is 6.07 Å². The van der Waals surface area contributed by atoms with Crippen LogP contribution in [0.5, 0.6) is 0 Å². The molecule has 38 heavy (non-hydrogen) atoms. The number of nitrogens with one attached hydrogen (secondary N) is 1. The van der Waals surface area contributed by atoms with E-state index in [-0.39, 0.29) is 29.8 Å². The van der Waals surface area contributed by atoms with E-state index in [4.69, 9.17) is 4.74 Å². The molecule has 1 N–H and O–H groups in total. The number of aryl methyl sites for hydroxylation is 1. The van der Waals surface area contributed by atoms with E-state index in [0.717, 1.165) is 18.4 Å². The summed E-state index contributed by atoms with van der Waals surface area (Å²) in [7, 11) is -0.483. The van der Waals surface area contributed by atoms with Gasteiger partial charge in [-0.2, -0.15) is 0 Å². The topological polar surface area (TPSA) is 101 Å². The molecular formula is C27H25F2N3O5S. The number of hydrogen-bond acceptors (Lipinski definition) is 6. The Balaban J connectivity index is 1.87. The summed E-state index contributed by atoms with van der Waals surface area (Å²) < 4.78 is 59.7. The summed E-state index contributed by atoms with van der Waals surface area (Å²) in [5.74, 6) is -2.24. The van der Waals surface area contributed by atoms with Crippen LogP contribution >= 0.6 is 0 Å². The first-order valence-electron chi connectivity index (χ1n) is 11.8. The van der Waals surface area contributed by atoms with Gasteiger partial charge in [0, 0.05) is 65.9 Å². The lowest BCUT2D eigenvalue weighted by molar-refractivity contribution is -0.140. The van der Waals surface area contributed by atoms with Crippen LogP contribution in [0.2, 0.25) is 0 Å². The third-order valence-electron chi connectivity index (χ3n) is 6.77. The number of benzene rings is 2. The second kappa shape index (κ2) is 9.39. The molecule has 1 aliphatic rings. The summed E-state index contributed by atoms with van der Waals surface area (Å²) in [5, 5.41) is 0.589. The minimum Gasteiger partial charge on any atom is -0.469 e. The molecule has 0 unspecified atom stereocenters. The third kappa shape index (κ3) is 4.47. The van der Waals surface area contributed by atoms with Gasteiger partial charge in [0.1, 0.15) is 17.2 Å². The fraction of sp³-hybridized carbons (Fsp3) is 0.259. The molecule has 0 saturated carbocycles. The SMILES string of the molecule is COC(=O)CC[C@H]1c2c[nH]c3c(=O)n(C)cc(c23)-c2cc(CS(C)(=O)=O)ccc2N1c1ccc(F)cc1F. The summed E-state index contributed by atoms with van der Waals surface area (Å²) in [5.41, 5.74) is 2.97. The molecule has 1 aliphatic heterocycles. The summed E-state index contributed by atoms with van der Waals surface area (Å²) in [6.45, 7) is 0. The maximum atomic E-state index is 15.4. The van der Waals surface area contributed by atoms with Gasteiger partial charge in [0.15, 0.2) is 9.84 Å². The lowest BCUT2D eigenvalue weighted by atomic mass is 9.97. The molecule has 0 fully saturated rings. The zero-order valence-corrected chi connectivity index (χ0v) is 21.7. The van der Waals surface area contributed by atoms with Gasteiger partial charge in [0.2, 0.25) is 0 Å². The Morgan fingerprint density at radius 2 is 1.84 bits per heavy atom. The van der Waals surface area contributed by atoms with E-state index < -0.39 is 33.5 Å². The van der Waals surface area contributed by atoms with Crippen LogP contribution in [0.4, 0.5) is 20.2 Å². The first-order valence-corrected chi connectivity index (χ1v) is 13.9. The average molecular weight is 542 g/mol. The van der Waals surface area contributed by atoms with Crippen molar-refractivity contribution < 1.29 is 26.7 Å². The number of sulfone groups is 1. The van der Waals surface area contributed by atoms with Gasteiger partial charge in [0.05, 0.1) is 24.6 Å². The number of aromatic amines is 1. The number of carbonyl (C=O) groups excluding carboxylic acids is 1. The summed E-state index contributed by atoms with van der Waals surface area (Å²) >= 11 is 0. The number of esters is 1. The van der Waals surface area contributed by atoms with Crippen molar-refractivity contribution in [1.82, 2.24) is 9.55 Å². The van der Waals surface area contributed by atoms with Crippen molar-refractivity contribution in [2.75, 3.05) is 18.3 Å². The number of halogens is 2. The van der Waals surface area contributed by atoms with E-state index in [0.29, 0.717) is 38.8 Å². The largest absolute Gasteiger partial charge is 0.469 e. The predicted molar refractivity (Wildman–Crippen MR) is 140 cm³/mol. The number of hydrogen-bond donors (Lipinski definition) is 1. The first kappa shape index (κ1) is 25.7. The Morgan fingerprint density at radius 3 is 2.53 bits per heavy atom. The molecule has 0 saturated heterocycles. The number of ether oxygens (including phenoxy) is 1. The number of aromatic nitrogens is 2. The second-order valence-electron chi connectivity index (χ2n) is 9.47. The normalized spacial score (nSPS) is 14.9. The number of nitrogens with zero attached hydrogens (tertiary/aromatic N) is 2. The number of H-pyrrole nitrogens is 1. The van der Waals surface area contributed by atoms with Crippen molar-refractivity contribution in [1.29, 1.82) is 0 Å². The van der Waals surface area contributed by atoms with Crippen LogP contribution in [0.1, 0.15) is 30.0 Å². The number of rotatable bonds is 6. The molecule has 0 amide bonds. The first-order chi connectivity index (χ1) is 18.0. The Hall–Kier alpha value is -3.99. The van der Waals surface area contributed by atoms with Gasteiger partial charge in [-0.15, -0.1) is 0 Å². The Bertz CT molecular complexity index is 1760. The van der Waals surface area contributed by atoms with E-state index in [2.05, 4.69) is 4.98 Å². The van der Waals surface area contributed by atoms with Crippen molar-refractivity contribution in [3.63, 3.8) is 0 Å². The quantitative estimate of drug-likeness (QED) is 0.361. The van der Waals surface area contributed by atoms with Crippen LogP contribution in [0.3, 0.4) is 0 Å². The maximum absolute atomic E-state index is 15.4. The smallest absolute Gasteiger partial charge is 0.305 e. The lowest BCUT2D eigenvalue weighted by Gasteiger charge is -2.34. The molecule has 0 radical (unpaired) electrons. The molecule has 8 nitrogen and oxygen atoms in total. The predicted octanol–water partition coefficient (Wildman–Crippen LogP) is 4.50. The number of fused-ring (bicyclic) bond motifs is 2. The zero-order chi connectivity index (χ0) is 27.4. The highest BCUT2D eigenvalue weighted by atomic mass is 32.2. The van der Waals surface area contributed by atoms with Crippen LogP contribution in [-0.2, 0) is 32.2 Å². The monoisotopic (exact) mass is 541 g/mol. The minimum atomic E-state index is -3.37. The van der Waals surface area contributed by atoms with Gasteiger partial charge in [-0.05, 0) is 36.2 Å². The van der Waals surface area contributed by atoms with Crippen LogP contribution in [0.25, 0.3) is 22.0 Å². The van der Waals surface area contributed by atoms with E-state index in [1.165, 1.54) is 17.7 Å². The lowest BCUT2D eigenvalue weighted by Crippen LogP contribution is -2.25. The van der Waals surface area contributed by atoms with Crippen LogP contribution in [-0.4, -0.2) is 37.3 Å². The molecule has 198 valence electrons. The van der Waals surface area contributed by atoms with Crippen molar-refractivity contribution in [3.8, 4) is 11.1 Å². The molecule has 4 aromatic rings. The van der Waals surface area contributed by atoms with Gasteiger partial charge >= 0.3 is 5.97 Å². The van der Waals surface area contributed by atoms with Crippen molar-refractivity contribution in [3.05, 3.63) is 81.9 Å². The summed E-state index contributed by atoms with van der Waals surface area (Å²) in [4.78, 5) is 29.9. The van der Waals surface area contributed by atoms with E-state index >= 15 is 4.39 Å². The van der Waals surface area contributed by atoms with Gasteiger partial charge in [-0.25, -0.2) is 17.2 Å². The van der Waals surface area contributed by atoms with E-state index in [1.54, 1.807) is 42.5 Å². The van der Waals surface area contributed by atoms with Crippen LogP contribution in [0.15, 0.2) is 53.6 Å². The van der Waals surface area contributed by atoms with Crippen molar-refractivity contribution in [2.45, 2.75) is 24.6 Å². The number of anilines is 2. The fourth-order valence-electron chi connectivity index (χ4n) is 5.18. The zero-order valence-electron chi connectivity index (χ0n) is 20.9. The van der Waals surface area contributed by atoms with Crippen LogP contribution in [0, 0.1) is 11.6 Å². The molecule has 0 bridgehead atoms. The van der Waals surface area contributed by atoms with Gasteiger partial charge in [0.25, 0.3) is 5.56 Å². The van der Waals surface area contributed by atoms with Gasteiger partial charge in [-0.3, -0.25) is 9.59 Å². The molecule has 0 spiro atoms. The Kier molecular flexibility index (Phi) is 6.34.